The van der Waals surface area contributed by atoms with Gasteiger partial charge in [-0.25, -0.2) is 0 Å². The SMILES string of the molecule is CCCCCCCCCCCCOc1ccc(OCCCCCCCCCCCC)c2c1C(=O)c1c(OCCCCCCCCCCCC)ccc(OCCCCCCCCCCCC)c1C2=O. The molecule has 0 aliphatic heterocycles. The van der Waals surface area contributed by atoms with Gasteiger partial charge in [-0.2, -0.15) is 0 Å². The van der Waals surface area contributed by atoms with Gasteiger partial charge in [0.05, 0.1) is 48.7 Å². The Morgan fingerprint density at radius 2 is 0.382 bits per heavy atom. The molecule has 3 rings (SSSR count). The van der Waals surface area contributed by atoms with Gasteiger partial charge in [0.25, 0.3) is 0 Å². The van der Waals surface area contributed by atoms with Crippen LogP contribution in [0.1, 0.15) is 316 Å². The van der Waals surface area contributed by atoms with Crippen molar-refractivity contribution in [3.8, 4) is 23.0 Å². The zero-order chi connectivity index (χ0) is 48.5. The lowest BCUT2D eigenvalue weighted by atomic mass is 9.82. The van der Waals surface area contributed by atoms with E-state index in [0.717, 1.165) is 51.4 Å². The highest BCUT2D eigenvalue weighted by molar-refractivity contribution is 6.32. The van der Waals surface area contributed by atoms with Crippen LogP contribution in [0.2, 0.25) is 0 Å². The van der Waals surface area contributed by atoms with E-state index in [4.69, 9.17) is 18.9 Å². The molecule has 1 aliphatic rings. The number of benzene rings is 2. The number of rotatable bonds is 48. The quantitative estimate of drug-likeness (QED) is 0.0525. The number of carbonyl (C=O) groups is 2. The average molecular weight is 946 g/mol. The van der Waals surface area contributed by atoms with Crippen LogP contribution in [0.4, 0.5) is 0 Å². The minimum absolute atomic E-state index is 0.237. The zero-order valence-electron chi connectivity index (χ0n) is 44.9. The van der Waals surface area contributed by atoms with Crippen LogP contribution in [0.3, 0.4) is 0 Å². The van der Waals surface area contributed by atoms with Crippen molar-refractivity contribution in [2.75, 3.05) is 26.4 Å². The Morgan fingerprint density at radius 1 is 0.235 bits per heavy atom. The van der Waals surface area contributed by atoms with Crippen LogP contribution in [0, 0.1) is 0 Å². The van der Waals surface area contributed by atoms with Gasteiger partial charge in [-0.3, -0.25) is 9.59 Å². The van der Waals surface area contributed by atoms with Crippen molar-refractivity contribution >= 4 is 11.6 Å². The smallest absolute Gasteiger partial charge is 0.202 e. The third-order valence-corrected chi connectivity index (χ3v) is 14.2. The summed E-state index contributed by atoms with van der Waals surface area (Å²) in [6.07, 6.45) is 49.5. The molecule has 2 aromatic carbocycles. The normalized spacial score (nSPS) is 12.1. The highest BCUT2D eigenvalue weighted by Gasteiger charge is 2.40. The summed E-state index contributed by atoms with van der Waals surface area (Å²) < 4.78 is 25.9. The molecule has 0 atom stereocenters. The molecule has 0 N–H and O–H groups in total. The zero-order valence-corrected chi connectivity index (χ0v) is 44.9. The van der Waals surface area contributed by atoms with Crippen LogP contribution >= 0.6 is 0 Å². The molecule has 388 valence electrons. The summed E-state index contributed by atoms with van der Waals surface area (Å²) >= 11 is 0. The summed E-state index contributed by atoms with van der Waals surface area (Å²) in [4.78, 5) is 30.2. The Bertz CT molecular complexity index is 1340. The summed E-state index contributed by atoms with van der Waals surface area (Å²) in [6.45, 7) is 11.1. The third-order valence-electron chi connectivity index (χ3n) is 14.2. The highest BCUT2D eigenvalue weighted by Crippen LogP contribution is 2.45. The maximum atomic E-state index is 15.1. The van der Waals surface area contributed by atoms with E-state index in [1.165, 1.54) is 205 Å². The molecule has 0 heterocycles. The number of ketones is 2. The van der Waals surface area contributed by atoms with Crippen molar-refractivity contribution in [3.05, 3.63) is 46.5 Å². The van der Waals surface area contributed by atoms with Crippen molar-refractivity contribution in [2.24, 2.45) is 0 Å². The predicted octanol–water partition coefficient (Wildman–Crippen LogP) is 19.7. The molecule has 2 aromatic rings. The number of carbonyl (C=O) groups excluding carboxylic acids is 2. The largest absolute Gasteiger partial charge is 0.493 e. The molecule has 0 saturated heterocycles. The van der Waals surface area contributed by atoms with Crippen LogP contribution in [0.15, 0.2) is 24.3 Å². The van der Waals surface area contributed by atoms with Gasteiger partial charge in [-0.1, -0.05) is 259 Å². The molecule has 6 nitrogen and oxygen atoms in total. The van der Waals surface area contributed by atoms with Crippen molar-refractivity contribution in [2.45, 2.75) is 285 Å². The first-order chi connectivity index (χ1) is 33.6. The maximum absolute atomic E-state index is 15.1. The lowest BCUT2D eigenvalue weighted by molar-refractivity contribution is 0.0964. The number of hydrogen-bond donors (Lipinski definition) is 0. The minimum atomic E-state index is -0.237. The molecule has 0 aromatic heterocycles. The molecular formula is C62H104O6. The lowest BCUT2D eigenvalue weighted by Gasteiger charge is -2.26. The lowest BCUT2D eigenvalue weighted by Crippen LogP contribution is -2.25. The fourth-order valence-electron chi connectivity index (χ4n) is 9.85. The average Bonchev–Trinajstić information content (AvgIpc) is 3.35. The van der Waals surface area contributed by atoms with Crippen molar-refractivity contribution in [3.63, 3.8) is 0 Å². The molecular weight excluding hydrogens is 841 g/mol. The molecule has 0 fully saturated rings. The van der Waals surface area contributed by atoms with Crippen molar-refractivity contribution in [1.29, 1.82) is 0 Å². The first-order valence-electron chi connectivity index (χ1n) is 29.5. The molecule has 68 heavy (non-hydrogen) atoms. The van der Waals surface area contributed by atoms with Gasteiger partial charge in [0.2, 0.25) is 11.6 Å². The monoisotopic (exact) mass is 945 g/mol. The molecule has 0 radical (unpaired) electrons. The van der Waals surface area contributed by atoms with Gasteiger partial charge in [0.1, 0.15) is 23.0 Å². The first-order valence-corrected chi connectivity index (χ1v) is 29.5. The standard InChI is InChI=1S/C62H104O6/c1-5-9-13-17-21-25-29-33-37-41-49-65-53-45-46-54(66-50-42-38-34-30-26-22-18-14-10-6-2)58-57(53)61(63)59-55(67-51-43-39-35-31-27-23-19-15-11-7-3)47-48-56(60(59)62(58)64)68-52-44-40-36-32-28-24-20-16-12-8-4/h45-48H,5-44,49-52H2,1-4H3. The van der Waals surface area contributed by atoms with E-state index in [9.17, 15) is 0 Å². The number of hydrogen-bond acceptors (Lipinski definition) is 6. The molecule has 0 unspecified atom stereocenters. The van der Waals surface area contributed by atoms with Gasteiger partial charge in [-0.15, -0.1) is 0 Å². The summed E-state index contributed by atoms with van der Waals surface area (Å²) in [6, 6.07) is 7.42. The second-order valence-corrected chi connectivity index (χ2v) is 20.4. The van der Waals surface area contributed by atoms with Crippen molar-refractivity contribution < 1.29 is 28.5 Å². The predicted molar refractivity (Wildman–Crippen MR) is 289 cm³/mol. The van der Waals surface area contributed by atoms with E-state index >= 15 is 9.59 Å². The van der Waals surface area contributed by atoms with Crippen LogP contribution in [0.25, 0.3) is 0 Å². The second kappa shape index (κ2) is 40.7. The number of ether oxygens (including phenoxy) is 4. The van der Waals surface area contributed by atoms with E-state index in [1.54, 1.807) is 0 Å². The summed E-state index contributed by atoms with van der Waals surface area (Å²) in [7, 11) is 0. The Balaban J connectivity index is 1.75. The van der Waals surface area contributed by atoms with E-state index in [0.29, 0.717) is 71.7 Å². The topological polar surface area (TPSA) is 71.1 Å². The summed E-state index contributed by atoms with van der Waals surface area (Å²) in [5, 5.41) is 0. The van der Waals surface area contributed by atoms with E-state index < -0.39 is 0 Å². The van der Waals surface area contributed by atoms with Crippen LogP contribution < -0.4 is 18.9 Å². The van der Waals surface area contributed by atoms with E-state index in [-0.39, 0.29) is 11.6 Å². The summed E-state index contributed by atoms with van der Waals surface area (Å²) in [5.41, 5.74) is 1.24. The van der Waals surface area contributed by atoms with Crippen LogP contribution in [-0.4, -0.2) is 38.0 Å². The van der Waals surface area contributed by atoms with Gasteiger partial charge >= 0.3 is 0 Å². The summed E-state index contributed by atoms with van der Waals surface area (Å²) in [5.74, 6) is 1.37. The Morgan fingerprint density at radius 3 is 0.544 bits per heavy atom. The number of fused-ring (bicyclic) bond motifs is 2. The Hall–Kier alpha value is -3.02. The van der Waals surface area contributed by atoms with Crippen LogP contribution in [0.5, 0.6) is 23.0 Å². The van der Waals surface area contributed by atoms with Gasteiger partial charge in [-0.05, 0) is 49.9 Å². The van der Waals surface area contributed by atoms with Gasteiger partial charge in [0, 0.05) is 0 Å². The minimum Gasteiger partial charge on any atom is -0.493 e. The molecule has 0 spiro atoms. The van der Waals surface area contributed by atoms with E-state index in [2.05, 4.69) is 27.7 Å². The molecule has 1 aliphatic carbocycles. The molecule has 0 bridgehead atoms. The molecule has 0 amide bonds. The second-order valence-electron chi connectivity index (χ2n) is 20.4. The van der Waals surface area contributed by atoms with E-state index in [1.807, 2.05) is 24.3 Å². The fraction of sp³-hybridized carbons (Fsp3) is 0.774. The Kier molecular flexibility index (Phi) is 35.5. The van der Waals surface area contributed by atoms with Gasteiger partial charge < -0.3 is 18.9 Å². The van der Waals surface area contributed by atoms with Crippen molar-refractivity contribution in [1.82, 2.24) is 0 Å². The number of unbranched alkanes of at least 4 members (excludes halogenated alkanes) is 36. The molecule has 0 saturated carbocycles. The van der Waals surface area contributed by atoms with Gasteiger partial charge in [0.15, 0.2) is 0 Å². The fourth-order valence-corrected chi connectivity index (χ4v) is 9.85. The maximum Gasteiger partial charge on any atom is 0.202 e. The Labute approximate surface area is 419 Å². The highest BCUT2D eigenvalue weighted by atomic mass is 16.5. The molecule has 6 heteroatoms. The first kappa shape index (κ1) is 59.3. The third kappa shape index (κ3) is 24.7. The van der Waals surface area contributed by atoms with Crippen LogP contribution in [-0.2, 0) is 0 Å².